The summed E-state index contributed by atoms with van der Waals surface area (Å²) >= 11 is 8.34. The molecular formula is C12H6Br2N2O2S. The van der Waals surface area contributed by atoms with Crippen LogP contribution in [0.4, 0.5) is 0 Å². The van der Waals surface area contributed by atoms with E-state index in [0.717, 1.165) is 13.1 Å². The molecule has 3 aromatic rings. The van der Waals surface area contributed by atoms with E-state index in [-0.39, 0.29) is 5.75 Å². The van der Waals surface area contributed by atoms with Gasteiger partial charge in [0.2, 0.25) is 5.82 Å². The molecular weight excluding hydrogens is 396 g/mol. The van der Waals surface area contributed by atoms with E-state index >= 15 is 0 Å². The SMILES string of the molecule is Oc1cccc(-c2noc(-c3cc(Br)c(Br)s3)n2)c1. The van der Waals surface area contributed by atoms with Gasteiger partial charge in [0.1, 0.15) is 5.75 Å². The lowest BCUT2D eigenvalue weighted by Crippen LogP contribution is -1.79. The molecule has 2 heterocycles. The maximum atomic E-state index is 9.44. The molecule has 1 aromatic carbocycles. The van der Waals surface area contributed by atoms with Crippen LogP contribution in [-0.4, -0.2) is 15.2 Å². The van der Waals surface area contributed by atoms with E-state index in [2.05, 4.69) is 42.0 Å². The first-order valence-electron chi connectivity index (χ1n) is 5.22. The molecule has 0 aliphatic carbocycles. The fourth-order valence-corrected chi connectivity index (χ4v) is 3.50. The van der Waals surface area contributed by atoms with Crippen molar-refractivity contribution in [1.29, 1.82) is 0 Å². The zero-order chi connectivity index (χ0) is 13.4. The van der Waals surface area contributed by atoms with Gasteiger partial charge in [0.15, 0.2) is 0 Å². The van der Waals surface area contributed by atoms with E-state index in [9.17, 15) is 5.11 Å². The Labute approximate surface area is 129 Å². The highest BCUT2D eigenvalue weighted by molar-refractivity contribution is 9.13. The van der Waals surface area contributed by atoms with Gasteiger partial charge < -0.3 is 9.63 Å². The van der Waals surface area contributed by atoms with Gasteiger partial charge in [0.25, 0.3) is 5.89 Å². The second kappa shape index (κ2) is 5.07. The molecule has 0 spiro atoms. The smallest absolute Gasteiger partial charge is 0.268 e. The molecule has 0 saturated carbocycles. The van der Waals surface area contributed by atoms with Crippen LogP contribution in [0.25, 0.3) is 22.2 Å². The van der Waals surface area contributed by atoms with Crippen LogP contribution in [0.15, 0.2) is 43.1 Å². The van der Waals surface area contributed by atoms with E-state index in [1.807, 2.05) is 12.1 Å². The van der Waals surface area contributed by atoms with E-state index in [1.54, 1.807) is 18.2 Å². The minimum absolute atomic E-state index is 0.172. The summed E-state index contributed by atoms with van der Waals surface area (Å²) < 4.78 is 7.16. The number of benzene rings is 1. The number of aromatic hydroxyl groups is 1. The number of hydrogen-bond acceptors (Lipinski definition) is 5. The molecule has 3 rings (SSSR count). The van der Waals surface area contributed by atoms with Gasteiger partial charge in [0, 0.05) is 10.0 Å². The van der Waals surface area contributed by atoms with Gasteiger partial charge in [-0.25, -0.2) is 0 Å². The number of thiophene rings is 1. The predicted octanol–water partition coefficient (Wildman–Crippen LogP) is 4.70. The average Bonchev–Trinajstić information content (AvgIpc) is 2.97. The lowest BCUT2D eigenvalue weighted by molar-refractivity contribution is 0.433. The van der Waals surface area contributed by atoms with Crippen molar-refractivity contribution in [2.45, 2.75) is 0 Å². The van der Waals surface area contributed by atoms with Gasteiger partial charge in [-0.2, -0.15) is 4.98 Å². The summed E-state index contributed by atoms with van der Waals surface area (Å²) in [7, 11) is 0. The lowest BCUT2D eigenvalue weighted by Gasteiger charge is -1.94. The van der Waals surface area contributed by atoms with Gasteiger partial charge in [0.05, 0.1) is 8.66 Å². The molecule has 7 heteroatoms. The predicted molar refractivity (Wildman–Crippen MR) is 80.1 cm³/mol. The van der Waals surface area contributed by atoms with Crippen LogP contribution in [-0.2, 0) is 0 Å². The number of nitrogens with zero attached hydrogens (tertiary/aromatic N) is 2. The molecule has 96 valence electrons. The first-order valence-corrected chi connectivity index (χ1v) is 7.62. The van der Waals surface area contributed by atoms with Crippen molar-refractivity contribution in [3.8, 4) is 27.9 Å². The van der Waals surface area contributed by atoms with Crippen molar-refractivity contribution in [2.24, 2.45) is 0 Å². The molecule has 4 nitrogen and oxygen atoms in total. The Kier molecular flexibility index (Phi) is 3.42. The third-order valence-corrected chi connectivity index (χ3v) is 5.63. The van der Waals surface area contributed by atoms with Crippen molar-refractivity contribution in [3.05, 3.63) is 38.6 Å². The Morgan fingerprint density at radius 1 is 1.21 bits per heavy atom. The van der Waals surface area contributed by atoms with Crippen molar-refractivity contribution in [2.75, 3.05) is 0 Å². The normalized spacial score (nSPS) is 10.8. The van der Waals surface area contributed by atoms with Crippen LogP contribution in [0.3, 0.4) is 0 Å². The average molecular weight is 402 g/mol. The quantitative estimate of drug-likeness (QED) is 0.676. The maximum Gasteiger partial charge on any atom is 0.268 e. The second-order valence-corrected chi connectivity index (χ2v) is 6.93. The van der Waals surface area contributed by atoms with Crippen LogP contribution >= 0.6 is 43.2 Å². The summed E-state index contributed by atoms with van der Waals surface area (Å²) in [5, 5.41) is 13.4. The Bertz CT molecular complexity index is 719. The van der Waals surface area contributed by atoms with Gasteiger partial charge in [-0.15, -0.1) is 11.3 Å². The Hall–Kier alpha value is -1.18. The molecule has 0 saturated heterocycles. The largest absolute Gasteiger partial charge is 0.508 e. The van der Waals surface area contributed by atoms with E-state index in [1.165, 1.54) is 11.3 Å². The summed E-state index contributed by atoms with van der Waals surface area (Å²) in [5.74, 6) is 1.08. The second-order valence-electron chi connectivity index (χ2n) is 3.71. The Balaban J connectivity index is 1.99. The molecule has 0 amide bonds. The number of hydrogen-bond donors (Lipinski definition) is 1. The molecule has 0 aliphatic heterocycles. The maximum absolute atomic E-state index is 9.44. The highest BCUT2D eigenvalue weighted by Gasteiger charge is 2.14. The van der Waals surface area contributed by atoms with Crippen LogP contribution in [0.5, 0.6) is 5.75 Å². The molecule has 19 heavy (non-hydrogen) atoms. The fourth-order valence-electron chi connectivity index (χ4n) is 1.54. The molecule has 2 aromatic heterocycles. The van der Waals surface area contributed by atoms with E-state index < -0.39 is 0 Å². The van der Waals surface area contributed by atoms with Crippen LogP contribution < -0.4 is 0 Å². The third-order valence-electron chi connectivity index (χ3n) is 2.39. The summed E-state index contributed by atoms with van der Waals surface area (Å²) in [5.41, 5.74) is 0.713. The zero-order valence-electron chi connectivity index (χ0n) is 9.30. The van der Waals surface area contributed by atoms with Gasteiger partial charge in [-0.1, -0.05) is 17.3 Å². The van der Waals surface area contributed by atoms with Gasteiger partial charge >= 0.3 is 0 Å². The fraction of sp³-hybridized carbons (Fsp3) is 0. The number of halogens is 2. The van der Waals surface area contributed by atoms with Gasteiger partial charge in [-0.05, 0) is 50.1 Å². The van der Waals surface area contributed by atoms with E-state index in [0.29, 0.717) is 17.3 Å². The van der Waals surface area contributed by atoms with E-state index in [4.69, 9.17) is 4.52 Å². The minimum Gasteiger partial charge on any atom is -0.508 e. The lowest BCUT2D eigenvalue weighted by atomic mass is 10.2. The number of phenolic OH excluding ortho intramolecular Hbond substituents is 1. The molecule has 0 unspecified atom stereocenters. The summed E-state index contributed by atoms with van der Waals surface area (Å²) in [6, 6.07) is 8.65. The van der Waals surface area contributed by atoms with Crippen molar-refractivity contribution < 1.29 is 9.63 Å². The number of phenols is 1. The first kappa shape index (κ1) is 12.8. The highest BCUT2D eigenvalue weighted by atomic mass is 79.9. The Morgan fingerprint density at radius 2 is 2.05 bits per heavy atom. The summed E-state index contributed by atoms with van der Waals surface area (Å²) in [4.78, 5) is 5.20. The molecule has 1 N–H and O–H groups in total. The minimum atomic E-state index is 0.172. The molecule has 0 radical (unpaired) electrons. The number of rotatable bonds is 2. The van der Waals surface area contributed by atoms with Gasteiger partial charge in [-0.3, -0.25) is 0 Å². The number of aromatic nitrogens is 2. The molecule has 0 fully saturated rings. The van der Waals surface area contributed by atoms with Crippen LogP contribution in [0.2, 0.25) is 0 Å². The molecule has 0 atom stereocenters. The van der Waals surface area contributed by atoms with Crippen LogP contribution in [0.1, 0.15) is 0 Å². The third kappa shape index (κ3) is 2.58. The van der Waals surface area contributed by atoms with Crippen molar-refractivity contribution in [1.82, 2.24) is 10.1 Å². The Morgan fingerprint density at radius 3 is 2.74 bits per heavy atom. The first-order chi connectivity index (χ1) is 9.13. The topological polar surface area (TPSA) is 59.2 Å². The standard InChI is InChI=1S/C12H6Br2N2O2S/c13-8-5-9(19-10(8)14)12-15-11(16-18-12)6-2-1-3-7(17)4-6/h1-5,17H. The monoisotopic (exact) mass is 400 g/mol. The highest BCUT2D eigenvalue weighted by Crippen LogP contribution is 2.38. The molecule has 0 bridgehead atoms. The van der Waals surface area contributed by atoms with Crippen molar-refractivity contribution >= 4 is 43.2 Å². The molecule has 0 aliphatic rings. The van der Waals surface area contributed by atoms with Crippen molar-refractivity contribution in [3.63, 3.8) is 0 Å². The van der Waals surface area contributed by atoms with Crippen LogP contribution in [0, 0.1) is 0 Å². The summed E-state index contributed by atoms with van der Waals surface area (Å²) in [6.07, 6.45) is 0. The summed E-state index contributed by atoms with van der Waals surface area (Å²) in [6.45, 7) is 0. The zero-order valence-corrected chi connectivity index (χ0v) is 13.3.